The normalized spacial score (nSPS) is 12.9. The average Bonchev–Trinajstić information content (AvgIpc) is 3.17. The Kier molecular flexibility index (Phi) is 5.93. The van der Waals surface area contributed by atoms with E-state index < -0.39 is 17.3 Å². The fourth-order valence-electron chi connectivity index (χ4n) is 3.92. The molecule has 8 nitrogen and oxygen atoms in total. The van der Waals surface area contributed by atoms with Gasteiger partial charge in [-0.1, -0.05) is 12.1 Å². The third-order valence-electron chi connectivity index (χ3n) is 5.57. The molecule has 3 heterocycles. The van der Waals surface area contributed by atoms with Crippen molar-refractivity contribution in [1.82, 2.24) is 19.5 Å². The number of nitrogens with two attached hydrogens (primary N) is 1. The highest BCUT2D eigenvalue weighted by Gasteiger charge is 2.22. The van der Waals surface area contributed by atoms with Gasteiger partial charge >= 0.3 is 5.97 Å². The van der Waals surface area contributed by atoms with Gasteiger partial charge in [0.25, 0.3) is 0 Å². The lowest BCUT2D eigenvalue weighted by atomic mass is 10.0. The van der Waals surface area contributed by atoms with Crippen molar-refractivity contribution in [3.05, 3.63) is 83.5 Å². The van der Waals surface area contributed by atoms with Crippen LogP contribution >= 0.6 is 0 Å². The van der Waals surface area contributed by atoms with Gasteiger partial charge in [-0.15, -0.1) is 0 Å². The van der Waals surface area contributed by atoms with Crippen LogP contribution in [0.3, 0.4) is 0 Å². The molecule has 1 atom stereocenters. The third-order valence-corrected chi connectivity index (χ3v) is 5.57. The van der Waals surface area contributed by atoms with E-state index in [4.69, 9.17) is 15.8 Å². The second kappa shape index (κ2) is 8.86. The lowest BCUT2D eigenvalue weighted by molar-refractivity contribution is -0.111. The number of allylic oxidation sites excluding steroid dienone is 2. The van der Waals surface area contributed by atoms with Crippen LogP contribution in [-0.4, -0.2) is 36.4 Å². The number of fused-ring (bicyclic) bond motifs is 1. The molecule has 4 rings (SSSR count). The zero-order valence-corrected chi connectivity index (χ0v) is 18.8. The molecule has 1 aromatic carbocycles. The molecule has 3 aromatic heterocycles. The molecule has 0 bridgehead atoms. The van der Waals surface area contributed by atoms with Crippen LogP contribution in [0.25, 0.3) is 27.9 Å². The van der Waals surface area contributed by atoms with Crippen molar-refractivity contribution >= 4 is 28.5 Å². The maximum Gasteiger partial charge on any atom is 0.338 e. The number of ketones is 1. The predicted molar refractivity (Wildman–Crippen MR) is 125 cm³/mol. The van der Waals surface area contributed by atoms with Gasteiger partial charge in [-0.05, 0) is 50.6 Å². The number of aromatic nitrogens is 4. The van der Waals surface area contributed by atoms with Crippen LogP contribution in [0.15, 0.2) is 60.7 Å². The van der Waals surface area contributed by atoms with Crippen molar-refractivity contribution in [2.24, 2.45) is 5.73 Å². The molecule has 0 spiro atoms. The first-order valence-electron chi connectivity index (χ1n) is 10.5. The van der Waals surface area contributed by atoms with E-state index in [9.17, 15) is 14.0 Å². The van der Waals surface area contributed by atoms with E-state index >= 15 is 0 Å². The molecule has 0 aliphatic rings. The molecule has 0 saturated carbocycles. The van der Waals surface area contributed by atoms with Gasteiger partial charge in [0.1, 0.15) is 11.3 Å². The molecular formula is C25H22FN5O3. The molecule has 0 fully saturated rings. The molecule has 0 aliphatic carbocycles. The van der Waals surface area contributed by atoms with Crippen molar-refractivity contribution in [2.75, 3.05) is 0 Å². The zero-order valence-electron chi connectivity index (χ0n) is 18.8. The Morgan fingerprint density at radius 2 is 1.91 bits per heavy atom. The number of rotatable bonds is 6. The standard InChI is InChI=1S/C25H22FN5O3/c1-13(27)22(15(3)32)21-11-29-23-18(16-7-8-17(25(33)34)19(26)10-16)12-31(24(23)30-21)14(2)20-6-4-5-9-28-20/h4-12,14H,27H2,1-3H3,(H,33,34)/t14-/m0/s1. The second-order valence-corrected chi connectivity index (χ2v) is 7.92. The van der Waals surface area contributed by atoms with Crippen LogP contribution in [-0.2, 0) is 4.79 Å². The molecule has 172 valence electrons. The number of hydrogen-bond acceptors (Lipinski definition) is 6. The van der Waals surface area contributed by atoms with Crippen LogP contribution < -0.4 is 5.73 Å². The van der Waals surface area contributed by atoms with Crippen molar-refractivity contribution in [2.45, 2.75) is 26.8 Å². The summed E-state index contributed by atoms with van der Waals surface area (Å²) in [6.07, 6.45) is 4.91. The maximum absolute atomic E-state index is 14.5. The quantitative estimate of drug-likeness (QED) is 0.414. The van der Waals surface area contributed by atoms with Crippen LogP contribution in [0.1, 0.15) is 48.6 Å². The maximum atomic E-state index is 14.5. The van der Waals surface area contributed by atoms with Gasteiger partial charge < -0.3 is 15.4 Å². The summed E-state index contributed by atoms with van der Waals surface area (Å²) in [5.74, 6) is -2.44. The fraction of sp³-hybridized carbons (Fsp3) is 0.160. The Bertz CT molecular complexity index is 1460. The number of carboxylic acid groups (broad SMARTS) is 1. The molecule has 0 unspecified atom stereocenters. The predicted octanol–water partition coefficient (Wildman–Crippen LogP) is 4.22. The summed E-state index contributed by atoms with van der Waals surface area (Å²) in [6.45, 7) is 4.96. The molecule has 4 aromatic rings. The summed E-state index contributed by atoms with van der Waals surface area (Å²) in [7, 11) is 0. The molecule has 0 radical (unpaired) electrons. The SMILES string of the molecule is CC(=O)C(=C(C)N)c1cnc2c(-c3ccc(C(=O)O)c(F)c3)cn([C@@H](C)c3ccccn3)c2n1. The van der Waals surface area contributed by atoms with Crippen LogP contribution in [0, 0.1) is 5.82 Å². The van der Waals surface area contributed by atoms with E-state index in [2.05, 4.69) is 9.97 Å². The number of halogens is 1. The molecule has 0 saturated heterocycles. The highest BCUT2D eigenvalue weighted by Crippen LogP contribution is 2.33. The summed E-state index contributed by atoms with van der Waals surface area (Å²) in [5, 5.41) is 9.16. The van der Waals surface area contributed by atoms with E-state index in [0.717, 1.165) is 11.8 Å². The number of nitrogens with zero attached hydrogens (tertiary/aromatic N) is 4. The van der Waals surface area contributed by atoms with Crippen molar-refractivity contribution < 1.29 is 19.1 Å². The average molecular weight is 459 g/mol. The number of hydrogen-bond donors (Lipinski definition) is 2. The number of pyridine rings is 1. The molecule has 0 amide bonds. The minimum absolute atomic E-state index is 0.240. The Morgan fingerprint density at radius 1 is 1.15 bits per heavy atom. The van der Waals surface area contributed by atoms with Crippen molar-refractivity contribution in [1.29, 1.82) is 0 Å². The summed E-state index contributed by atoms with van der Waals surface area (Å²) in [6, 6.07) is 9.19. The van der Waals surface area contributed by atoms with E-state index in [1.165, 1.54) is 25.3 Å². The summed E-state index contributed by atoms with van der Waals surface area (Å²) < 4.78 is 16.3. The summed E-state index contributed by atoms with van der Waals surface area (Å²) in [5.41, 5.74) is 9.12. The van der Waals surface area contributed by atoms with Gasteiger partial charge in [0, 0.05) is 23.7 Å². The first-order chi connectivity index (χ1) is 16.2. The first-order valence-corrected chi connectivity index (χ1v) is 10.5. The number of aromatic carboxylic acids is 1. The second-order valence-electron chi connectivity index (χ2n) is 7.92. The Morgan fingerprint density at radius 3 is 2.50 bits per heavy atom. The van der Waals surface area contributed by atoms with Gasteiger partial charge in [0.2, 0.25) is 0 Å². The number of carbonyl (C=O) groups is 2. The topological polar surface area (TPSA) is 124 Å². The number of benzene rings is 1. The van der Waals surface area contributed by atoms with E-state index in [1.54, 1.807) is 19.3 Å². The summed E-state index contributed by atoms with van der Waals surface area (Å²) in [4.78, 5) is 37.1. The molecule has 3 N–H and O–H groups in total. The van der Waals surface area contributed by atoms with Gasteiger partial charge in [-0.25, -0.2) is 19.2 Å². The highest BCUT2D eigenvalue weighted by atomic mass is 19.1. The number of Topliss-reactive ketones (excluding diaryl/α,β-unsaturated/α-hetero) is 1. The smallest absolute Gasteiger partial charge is 0.338 e. The minimum atomic E-state index is -1.35. The third kappa shape index (κ3) is 4.03. The monoisotopic (exact) mass is 459 g/mol. The van der Waals surface area contributed by atoms with Gasteiger partial charge in [-0.2, -0.15) is 0 Å². The first kappa shape index (κ1) is 22.8. The van der Waals surface area contributed by atoms with Crippen LogP contribution in [0.5, 0.6) is 0 Å². The minimum Gasteiger partial charge on any atom is -0.478 e. The highest BCUT2D eigenvalue weighted by molar-refractivity contribution is 6.19. The van der Waals surface area contributed by atoms with E-state index in [0.29, 0.717) is 33.7 Å². The Balaban J connectivity index is 1.98. The molecule has 9 heteroatoms. The van der Waals surface area contributed by atoms with Gasteiger partial charge in [0.05, 0.1) is 34.8 Å². The van der Waals surface area contributed by atoms with E-state index in [-0.39, 0.29) is 17.4 Å². The lowest BCUT2D eigenvalue weighted by Gasteiger charge is -2.14. The van der Waals surface area contributed by atoms with Crippen molar-refractivity contribution in [3.63, 3.8) is 0 Å². The molecule has 0 aliphatic heterocycles. The Labute approximate surface area is 194 Å². The lowest BCUT2D eigenvalue weighted by Crippen LogP contribution is -2.10. The van der Waals surface area contributed by atoms with Gasteiger partial charge in [-0.3, -0.25) is 9.78 Å². The largest absolute Gasteiger partial charge is 0.478 e. The summed E-state index contributed by atoms with van der Waals surface area (Å²) >= 11 is 0. The van der Waals surface area contributed by atoms with Crippen LogP contribution in [0.2, 0.25) is 0 Å². The molecular weight excluding hydrogens is 437 g/mol. The fourth-order valence-corrected chi connectivity index (χ4v) is 3.92. The van der Waals surface area contributed by atoms with E-state index in [1.807, 2.05) is 29.7 Å². The number of carbonyl (C=O) groups excluding carboxylic acids is 1. The zero-order chi connectivity index (χ0) is 24.6. The Hall–Kier alpha value is -4.40. The van der Waals surface area contributed by atoms with Gasteiger partial charge in [0.15, 0.2) is 11.4 Å². The molecule has 34 heavy (non-hydrogen) atoms. The van der Waals surface area contributed by atoms with Crippen LogP contribution in [0.4, 0.5) is 4.39 Å². The number of carboxylic acids is 1. The van der Waals surface area contributed by atoms with Crippen molar-refractivity contribution in [3.8, 4) is 11.1 Å².